The normalized spacial score (nSPS) is 24.9. The highest BCUT2D eigenvalue weighted by Gasteiger charge is 2.35. The fraction of sp³-hybridized carbons (Fsp3) is 0.588. The minimum Gasteiger partial charge on any atom is -0.314 e. The summed E-state index contributed by atoms with van der Waals surface area (Å²) in [6.07, 6.45) is 0.965. The molecule has 2 heterocycles. The van der Waals surface area contributed by atoms with Gasteiger partial charge in [-0.05, 0) is 38.8 Å². The van der Waals surface area contributed by atoms with Crippen LogP contribution < -0.4 is 10.2 Å². The van der Waals surface area contributed by atoms with E-state index in [1.54, 1.807) is 0 Å². The average Bonchev–Trinajstić information content (AvgIpc) is 2.77. The summed E-state index contributed by atoms with van der Waals surface area (Å²) in [7, 11) is 0. The Labute approximate surface area is 127 Å². The van der Waals surface area contributed by atoms with Crippen LogP contribution in [0.4, 0.5) is 5.69 Å². The zero-order valence-corrected chi connectivity index (χ0v) is 13.2. The number of nitrogens with zero attached hydrogens (tertiary/aromatic N) is 2. The molecule has 1 N–H and O–H groups in total. The lowest BCUT2D eigenvalue weighted by atomic mass is 10.0. The van der Waals surface area contributed by atoms with Crippen molar-refractivity contribution in [1.29, 1.82) is 0 Å². The lowest BCUT2D eigenvalue weighted by molar-refractivity contribution is -0.121. The first-order chi connectivity index (χ1) is 9.99. The lowest BCUT2D eigenvalue weighted by Gasteiger charge is -2.43. The van der Waals surface area contributed by atoms with Crippen LogP contribution in [0.15, 0.2) is 24.3 Å². The smallest absolute Gasteiger partial charge is 0.241 e. The number of carbonyl (C=O) groups excluding carboxylic acids is 1. The molecule has 0 aliphatic carbocycles. The van der Waals surface area contributed by atoms with Gasteiger partial charge in [-0.15, -0.1) is 0 Å². The van der Waals surface area contributed by atoms with Gasteiger partial charge in [0.1, 0.15) is 0 Å². The van der Waals surface area contributed by atoms with Crippen LogP contribution in [0.1, 0.15) is 26.3 Å². The highest BCUT2D eigenvalue weighted by atomic mass is 16.2. The number of nitrogens with one attached hydrogen (secondary N) is 1. The van der Waals surface area contributed by atoms with Crippen molar-refractivity contribution >= 4 is 11.6 Å². The molecule has 4 nitrogen and oxygen atoms in total. The molecule has 1 fully saturated rings. The molecule has 1 atom stereocenters. The van der Waals surface area contributed by atoms with E-state index in [4.69, 9.17) is 0 Å². The number of benzene rings is 1. The molecule has 1 unspecified atom stereocenters. The van der Waals surface area contributed by atoms with Gasteiger partial charge in [0.15, 0.2) is 0 Å². The Morgan fingerprint density at radius 3 is 2.90 bits per heavy atom. The zero-order valence-electron chi connectivity index (χ0n) is 13.2. The van der Waals surface area contributed by atoms with Crippen molar-refractivity contribution in [1.82, 2.24) is 10.2 Å². The predicted molar refractivity (Wildman–Crippen MR) is 85.6 cm³/mol. The van der Waals surface area contributed by atoms with Gasteiger partial charge in [0.05, 0.1) is 6.54 Å². The summed E-state index contributed by atoms with van der Waals surface area (Å²) in [4.78, 5) is 17.1. The SMILES string of the molecule is CC1Cc2ccccc2N1C(=O)CN1CCNCC1(C)C. The van der Waals surface area contributed by atoms with E-state index in [0.717, 1.165) is 31.7 Å². The van der Waals surface area contributed by atoms with Crippen LogP contribution in [-0.2, 0) is 11.2 Å². The maximum atomic E-state index is 12.8. The van der Waals surface area contributed by atoms with Crippen molar-refractivity contribution < 1.29 is 4.79 Å². The number of carbonyl (C=O) groups is 1. The molecule has 1 aromatic rings. The largest absolute Gasteiger partial charge is 0.314 e. The first-order valence-corrected chi connectivity index (χ1v) is 7.85. The predicted octanol–water partition coefficient (Wildman–Crippen LogP) is 1.65. The van der Waals surface area contributed by atoms with E-state index in [-0.39, 0.29) is 17.5 Å². The van der Waals surface area contributed by atoms with E-state index < -0.39 is 0 Å². The molecule has 0 radical (unpaired) electrons. The van der Waals surface area contributed by atoms with Crippen LogP contribution in [0.2, 0.25) is 0 Å². The number of para-hydroxylation sites is 1. The molecule has 0 bridgehead atoms. The van der Waals surface area contributed by atoms with Crippen molar-refractivity contribution in [2.24, 2.45) is 0 Å². The van der Waals surface area contributed by atoms with E-state index in [1.165, 1.54) is 5.56 Å². The van der Waals surface area contributed by atoms with E-state index in [2.05, 4.69) is 49.2 Å². The highest BCUT2D eigenvalue weighted by Crippen LogP contribution is 2.32. The third-order valence-electron chi connectivity index (χ3n) is 4.77. The third kappa shape index (κ3) is 2.70. The van der Waals surface area contributed by atoms with Crippen molar-refractivity contribution in [2.75, 3.05) is 31.1 Å². The van der Waals surface area contributed by atoms with E-state index >= 15 is 0 Å². The zero-order chi connectivity index (χ0) is 15.0. The van der Waals surface area contributed by atoms with Crippen LogP contribution >= 0.6 is 0 Å². The van der Waals surface area contributed by atoms with Gasteiger partial charge < -0.3 is 10.2 Å². The number of rotatable bonds is 2. The van der Waals surface area contributed by atoms with E-state index in [0.29, 0.717) is 6.54 Å². The van der Waals surface area contributed by atoms with Crippen LogP contribution in [0, 0.1) is 0 Å². The third-order valence-corrected chi connectivity index (χ3v) is 4.77. The number of piperazine rings is 1. The molecule has 0 saturated carbocycles. The second kappa shape index (κ2) is 5.43. The van der Waals surface area contributed by atoms with Crippen molar-refractivity contribution in [2.45, 2.75) is 38.8 Å². The van der Waals surface area contributed by atoms with Crippen molar-refractivity contribution in [3.8, 4) is 0 Å². The maximum absolute atomic E-state index is 12.8. The summed E-state index contributed by atoms with van der Waals surface area (Å²) in [5, 5.41) is 3.41. The summed E-state index contributed by atoms with van der Waals surface area (Å²) in [5.74, 6) is 0.224. The van der Waals surface area contributed by atoms with Gasteiger partial charge in [-0.25, -0.2) is 0 Å². The Hall–Kier alpha value is -1.39. The number of hydrogen-bond acceptors (Lipinski definition) is 3. The molecule has 2 aliphatic heterocycles. The van der Waals surface area contributed by atoms with Gasteiger partial charge in [-0.3, -0.25) is 9.69 Å². The number of amides is 1. The average molecular weight is 287 g/mol. The number of hydrogen-bond donors (Lipinski definition) is 1. The van der Waals surface area contributed by atoms with Gasteiger partial charge in [0.2, 0.25) is 5.91 Å². The summed E-state index contributed by atoms with van der Waals surface area (Å²) in [6, 6.07) is 8.54. The molecule has 3 rings (SSSR count). The van der Waals surface area contributed by atoms with Gasteiger partial charge >= 0.3 is 0 Å². The van der Waals surface area contributed by atoms with Gasteiger partial charge in [0.25, 0.3) is 0 Å². The number of anilines is 1. The molecular weight excluding hydrogens is 262 g/mol. The quantitative estimate of drug-likeness (QED) is 0.898. The molecule has 21 heavy (non-hydrogen) atoms. The first kappa shape index (κ1) is 14.5. The maximum Gasteiger partial charge on any atom is 0.241 e. The summed E-state index contributed by atoms with van der Waals surface area (Å²) in [6.45, 7) is 9.88. The Morgan fingerprint density at radius 2 is 2.14 bits per heavy atom. The standard InChI is InChI=1S/C17H25N3O/c1-13-10-14-6-4-5-7-15(14)20(13)16(21)11-19-9-8-18-12-17(19,2)3/h4-7,13,18H,8-12H2,1-3H3. The highest BCUT2D eigenvalue weighted by molar-refractivity contribution is 5.97. The Balaban J connectivity index is 1.77. The molecular formula is C17H25N3O. The van der Waals surface area contributed by atoms with Gasteiger partial charge in [-0.2, -0.15) is 0 Å². The molecule has 1 aromatic carbocycles. The van der Waals surface area contributed by atoms with Gasteiger partial charge in [0, 0.05) is 36.9 Å². The van der Waals surface area contributed by atoms with Crippen molar-refractivity contribution in [3.63, 3.8) is 0 Å². The second-order valence-corrected chi connectivity index (χ2v) is 6.86. The molecule has 4 heteroatoms. The van der Waals surface area contributed by atoms with Crippen LogP contribution in [-0.4, -0.2) is 48.6 Å². The monoisotopic (exact) mass is 287 g/mol. The topological polar surface area (TPSA) is 35.6 Å². The Bertz CT molecular complexity index is 541. The summed E-state index contributed by atoms with van der Waals surface area (Å²) < 4.78 is 0. The minimum atomic E-state index is 0.0381. The second-order valence-electron chi connectivity index (χ2n) is 6.86. The van der Waals surface area contributed by atoms with Crippen molar-refractivity contribution in [3.05, 3.63) is 29.8 Å². The van der Waals surface area contributed by atoms with Gasteiger partial charge in [-0.1, -0.05) is 18.2 Å². The summed E-state index contributed by atoms with van der Waals surface area (Å²) in [5.41, 5.74) is 2.43. The van der Waals surface area contributed by atoms with Crippen LogP contribution in [0.3, 0.4) is 0 Å². The number of fused-ring (bicyclic) bond motifs is 1. The molecule has 2 aliphatic rings. The minimum absolute atomic E-state index is 0.0381. The van der Waals surface area contributed by atoms with Crippen LogP contribution in [0.25, 0.3) is 0 Å². The van der Waals surface area contributed by atoms with Crippen LogP contribution in [0.5, 0.6) is 0 Å². The fourth-order valence-electron chi connectivity index (χ4n) is 3.50. The summed E-state index contributed by atoms with van der Waals surface area (Å²) >= 11 is 0. The molecule has 1 saturated heterocycles. The molecule has 114 valence electrons. The first-order valence-electron chi connectivity index (χ1n) is 7.85. The molecule has 0 spiro atoms. The Morgan fingerprint density at radius 1 is 1.38 bits per heavy atom. The molecule has 1 amide bonds. The molecule has 0 aromatic heterocycles. The Kier molecular flexibility index (Phi) is 3.76. The lowest BCUT2D eigenvalue weighted by Crippen LogP contribution is -2.60. The fourth-order valence-corrected chi connectivity index (χ4v) is 3.50. The van der Waals surface area contributed by atoms with E-state index in [1.807, 2.05) is 11.0 Å². The van der Waals surface area contributed by atoms with E-state index in [9.17, 15) is 4.79 Å².